The van der Waals surface area contributed by atoms with Gasteiger partial charge in [-0.3, -0.25) is 0 Å². The molecule has 0 aromatic heterocycles. The molecule has 1 heterocycles. The second-order valence-corrected chi connectivity index (χ2v) is 3.08. The zero-order valence-corrected chi connectivity index (χ0v) is 7.23. The highest BCUT2D eigenvalue weighted by molar-refractivity contribution is 5.70. The Bertz CT molecular complexity index is 379. The van der Waals surface area contributed by atoms with Gasteiger partial charge in [-0.15, -0.1) is 0 Å². The molecule has 0 radical (unpaired) electrons. The molecule has 0 fully saturated rings. The van der Waals surface area contributed by atoms with Crippen LogP contribution in [-0.2, 0) is 6.18 Å². The summed E-state index contributed by atoms with van der Waals surface area (Å²) in [6, 6.07) is 3.70. The highest BCUT2D eigenvalue weighted by Crippen LogP contribution is 2.33. The maximum atomic E-state index is 12.3. The number of fused-ring (bicyclic) bond motifs is 1. The molecular weight excluding hydrogens is 191 g/mol. The molecule has 1 aliphatic heterocycles. The van der Waals surface area contributed by atoms with Gasteiger partial charge in [0.1, 0.15) is 0 Å². The van der Waals surface area contributed by atoms with Gasteiger partial charge < -0.3 is 5.32 Å². The molecule has 0 bridgehead atoms. The molecule has 1 aliphatic rings. The lowest BCUT2D eigenvalue weighted by atomic mass is 10.1. The third kappa shape index (κ3) is 1.60. The zero-order valence-electron chi connectivity index (χ0n) is 7.23. The van der Waals surface area contributed by atoms with Crippen molar-refractivity contribution in [2.75, 3.05) is 11.9 Å². The van der Waals surface area contributed by atoms with Crippen LogP contribution in [0.3, 0.4) is 0 Å². The molecule has 1 aromatic carbocycles. The van der Waals surface area contributed by atoms with E-state index in [2.05, 4.69) is 5.32 Å². The van der Waals surface area contributed by atoms with E-state index in [0.29, 0.717) is 12.2 Å². The second-order valence-electron chi connectivity index (χ2n) is 3.08. The number of nitrogens with one attached hydrogen (secondary N) is 1. The van der Waals surface area contributed by atoms with Gasteiger partial charge in [-0.25, -0.2) is 0 Å². The summed E-state index contributed by atoms with van der Waals surface area (Å²) in [6.45, 7) is 0.578. The minimum Gasteiger partial charge on any atom is -0.381 e. The summed E-state index contributed by atoms with van der Waals surface area (Å²) in [6.07, 6.45) is -0.584. The molecular formula is C10H8F3N. The van der Waals surface area contributed by atoms with Gasteiger partial charge in [-0.1, -0.05) is 18.2 Å². The van der Waals surface area contributed by atoms with Gasteiger partial charge in [-0.2, -0.15) is 13.2 Å². The first-order valence-corrected chi connectivity index (χ1v) is 4.19. The molecule has 1 aromatic rings. The second kappa shape index (κ2) is 3.04. The Morgan fingerprint density at radius 1 is 1.21 bits per heavy atom. The number of halogens is 3. The summed E-state index contributed by atoms with van der Waals surface area (Å²) in [5, 5.41) is 2.89. The average molecular weight is 199 g/mol. The molecule has 74 valence electrons. The number of benzene rings is 1. The normalized spacial score (nSPS) is 14.8. The molecule has 0 spiro atoms. The number of hydrogen-bond acceptors (Lipinski definition) is 1. The fourth-order valence-corrected chi connectivity index (χ4v) is 1.39. The molecule has 1 nitrogen and oxygen atoms in total. The molecule has 0 saturated heterocycles. The van der Waals surface area contributed by atoms with Gasteiger partial charge in [0, 0.05) is 12.2 Å². The van der Waals surface area contributed by atoms with Crippen molar-refractivity contribution in [2.24, 2.45) is 0 Å². The van der Waals surface area contributed by atoms with Gasteiger partial charge in [-0.05, 0) is 17.7 Å². The Labute approximate surface area is 79.2 Å². The number of alkyl halides is 3. The summed E-state index contributed by atoms with van der Waals surface area (Å²) in [4.78, 5) is 0. The Kier molecular flexibility index (Phi) is 1.98. The van der Waals surface area contributed by atoms with Gasteiger partial charge in [0.05, 0.1) is 5.56 Å². The van der Waals surface area contributed by atoms with E-state index in [1.54, 1.807) is 0 Å². The predicted octanol–water partition coefficient (Wildman–Crippen LogP) is 3.14. The monoisotopic (exact) mass is 199 g/mol. The number of rotatable bonds is 0. The van der Waals surface area contributed by atoms with Crippen molar-refractivity contribution >= 4 is 11.8 Å². The third-order valence-electron chi connectivity index (χ3n) is 2.09. The molecule has 0 saturated carbocycles. The minimum absolute atomic E-state index is 0.544. The largest absolute Gasteiger partial charge is 0.416 e. The Morgan fingerprint density at radius 3 is 2.71 bits per heavy atom. The van der Waals surface area contributed by atoms with E-state index in [0.717, 1.165) is 17.7 Å². The minimum atomic E-state index is -4.27. The average Bonchev–Trinajstić information content (AvgIpc) is 2.16. The Morgan fingerprint density at radius 2 is 2.00 bits per heavy atom. The fraction of sp³-hybridized carbons (Fsp3) is 0.200. The molecule has 0 atom stereocenters. The van der Waals surface area contributed by atoms with E-state index >= 15 is 0 Å². The van der Waals surface area contributed by atoms with Crippen LogP contribution < -0.4 is 5.32 Å². The SMILES string of the molecule is FC(F)(F)c1ccc2c(c1)NCC=C2. The molecule has 0 unspecified atom stereocenters. The van der Waals surface area contributed by atoms with E-state index in [1.807, 2.05) is 12.2 Å². The Hall–Kier alpha value is -1.45. The van der Waals surface area contributed by atoms with E-state index in [9.17, 15) is 13.2 Å². The van der Waals surface area contributed by atoms with Gasteiger partial charge >= 0.3 is 6.18 Å². The van der Waals surface area contributed by atoms with Crippen molar-refractivity contribution in [1.82, 2.24) is 0 Å². The summed E-state index contributed by atoms with van der Waals surface area (Å²) in [5.41, 5.74) is 0.727. The third-order valence-corrected chi connectivity index (χ3v) is 2.09. The zero-order chi connectivity index (χ0) is 10.2. The maximum Gasteiger partial charge on any atom is 0.416 e. The van der Waals surface area contributed by atoms with Crippen LogP contribution in [0.2, 0.25) is 0 Å². The van der Waals surface area contributed by atoms with Crippen LogP contribution in [0.4, 0.5) is 18.9 Å². The van der Waals surface area contributed by atoms with Crippen LogP contribution in [-0.4, -0.2) is 6.54 Å². The smallest absolute Gasteiger partial charge is 0.381 e. The summed E-state index contributed by atoms with van der Waals surface area (Å²) in [7, 11) is 0. The highest BCUT2D eigenvalue weighted by atomic mass is 19.4. The van der Waals surface area contributed by atoms with Gasteiger partial charge in [0.15, 0.2) is 0 Å². The lowest BCUT2D eigenvalue weighted by Crippen LogP contribution is -2.09. The first-order chi connectivity index (χ1) is 6.57. The van der Waals surface area contributed by atoms with E-state index in [4.69, 9.17) is 0 Å². The van der Waals surface area contributed by atoms with Crippen LogP contribution >= 0.6 is 0 Å². The molecule has 2 rings (SSSR count). The molecule has 4 heteroatoms. The summed E-state index contributed by atoms with van der Waals surface area (Å²) in [5.74, 6) is 0. The van der Waals surface area contributed by atoms with Crippen molar-refractivity contribution in [3.05, 3.63) is 35.4 Å². The number of anilines is 1. The quantitative estimate of drug-likeness (QED) is 0.676. The van der Waals surface area contributed by atoms with Crippen molar-refractivity contribution < 1.29 is 13.2 Å². The lowest BCUT2D eigenvalue weighted by molar-refractivity contribution is -0.137. The van der Waals surface area contributed by atoms with Crippen LogP contribution in [0.1, 0.15) is 11.1 Å². The Balaban J connectivity index is 2.45. The molecule has 14 heavy (non-hydrogen) atoms. The van der Waals surface area contributed by atoms with E-state index in [1.165, 1.54) is 6.07 Å². The van der Waals surface area contributed by atoms with Crippen LogP contribution in [0.25, 0.3) is 6.08 Å². The topological polar surface area (TPSA) is 12.0 Å². The van der Waals surface area contributed by atoms with Crippen molar-refractivity contribution in [3.63, 3.8) is 0 Å². The first-order valence-electron chi connectivity index (χ1n) is 4.19. The van der Waals surface area contributed by atoms with Crippen molar-refractivity contribution in [2.45, 2.75) is 6.18 Å². The lowest BCUT2D eigenvalue weighted by Gasteiger charge is -2.15. The molecule has 0 aliphatic carbocycles. The van der Waals surface area contributed by atoms with Crippen LogP contribution in [0, 0.1) is 0 Å². The van der Waals surface area contributed by atoms with Crippen LogP contribution in [0.15, 0.2) is 24.3 Å². The van der Waals surface area contributed by atoms with Crippen molar-refractivity contribution in [1.29, 1.82) is 0 Å². The molecule has 0 amide bonds. The van der Waals surface area contributed by atoms with Gasteiger partial charge in [0.2, 0.25) is 0 Å². The van der Waals surface area contributed by atoms with Crippen molar-refractivity contribution in [3.8, 4) is 0 Å². The van der Waals surface area contributed by atoms with Gasteiger partial charge in [0.25, 0.3) is 0 Å². The number of hydrogen-bond donors (Lipinski definition) is 1. The maximum absolute atomic E-state index is 12.3. The standard InChI is InChI=1S/C10H8F3N/c11-10(12,13)8-4-3-7-2-1-5-14-9(7)6-8/h1-4,6,14H,5H2. The van der Waals surface area contributed by atoms with E-state index < -0.39 is 11.7 Å². The first kappa shape index (κ1) is 9.12. The van der Waals surface area contributed by atoms with E-state index in [-0.39, 0.29) is 0 Å². The predicted molar refractivity (Wildman–Crippen MR) is 49.0 cm³/mol. The summed E-state index contributed by atoms with van der Waals surface area (Å²) < 4.78 is 36.9. The molecule has 1 N–H and O–H groups in total. The highest BCUT2D eigenvalue weighted by Gasteiger charge is 2.30. The van der Waals surface area contributed by atoms with Crippen LogP contribution in [0.5, 0.6) is 0 Å². The fourth-order valence-electron chi connectivity index (χ4n) is 1.39. The summed E-state index contributed by atoms with van der Waals surface area (Å²) >= 11 is 0.